The molecule has 108 valence electrons. The summed E-state index contributed by atoms with van der Waals surface area (Å²) < 4.78 is 4.31. The van der Waals surface area contributed by atoms with E-state index in [0.29, 0.717) is 0 Å². The van der Waals surface area contributed by atoms with E-state index >= 15 is 0 Å². The Morgan fingerprint density at radius 2 is 1.55 bits per heavy atom. The van der Waals surface area contributed by atoms with E-state index < -0.39 is 30.1 Å². The van der Waals surface area contributed by atoms with Crippen molar-refractivity contribution in [2.75, 3.05) is 7.11 Å². The SMILES string of the molecule is COOC(=O)C(O)C(O)C(=O)OC(=O)c1ccccc1. The Morgan fingerprint density at radius 3 is 2.10 bits per heavy atom. The zero-order valence-electron chi connectivity index (χ0n) is 10.4. The molecule has 2 unspecified atom stereocenters. The lowest BCUT2D eigenvalue weighted by atomic mass is 10.2. The summed E-state index contributed by atoms with van der Waals surface area (Å²) in [7, 11) is 0.994. The highest BCUT2D eigenvalue weighted by Crippen LogP contribution is 2.05. The van der Waals surface area contributed by atoms with E-state index in [4.69, 9.17) is 0 Å². The second-order valence-electron chi connectivity index (χ2n) is 3.53. The van der Waals surface area contributed by atoms with Crippen LogP contribution >= 0.6 is 0 Å². The smallest absolute Gasteiger partial charge is 0.373 e. The van der Waals surface area contributed by atoms with Gasteiger partial charge < -0.3 is 14.9 Å². The second-order valence-corrected chi connectivity index (χ2v) is 3.53. The fourth-order valence-corrected chi connectivity index (χ4v) is 1.17. The normalized spacial score (nSPS) is 13.2. The minimum atomic E-state index is -2.27. The van der Waals surface area contributed by atoms with E-state index in [1.54, 1.807) is 18.2 Å². The zero-order valence-corrected chi connectivity index (χ0v) is 10.4. The lowest BCUT2D eigenvalue weighted by Crippen LogP contribution is -2.42. The Morgan fingerprint density at radius 1 is 1.00 bits per heavy atom. The molecule has 0 radical (unpaired) electrons. The highest BCUT2D eigenvalue weighted by Gasteiger charge is 2.34. The number of aliphatic hydroxyl groups is 2. The maximum Gasteiger partial charge on any atom is 0.373 e. The summed E-state index contributed by atoms with van der Waals surface area (Å²) in [5.74, 6) is -3.91. The Hall–Kier alpha value is -2.29. The van der Waals surface area contributed by atoms with Gasteiger partial charge >= 0.3 is 17.9 Å². The van der Waals surface area contributed by atoms with E-state index in [0.717, 1.165) is 7.11 Å². The van der Waals surface area contributed by atoms with Crippen LogP contribution in [0.1, 0.15) is 10.4 Å². The predicted octanol–water partition coefficient (Wildman–Crippen LogP) is -0.804. The van der Waals surface area contributed by atoms with Crippen molar-refractivity contribution in [1.82, 2.24) is 0 Å². The van der Waals surface area contributed by atoms with Crippen LogP contribution in [0.3, 0.4) is 0 Å². The third-order valence-electron chi connectivity index (χ3n) is 2.15. The van der Waals surface area contributed by atoms with Gasteiger partial charge in [-0.2, -0.15) is 4.89 Å². The number of rotatable bonds is 5. The molecule has 2 N–H and O–H groups in total. The van der Waals surface area contributed by atoms with Gasteiger partial charge in [-0.3, -0.25) is 4.89 Å². The number of aliphatic hydroxyl groups excluding tert-OH is 2. The minimum Gasteiger partial charge on any atom is -0.387 e. The van der Waals surface area contributed by atoms with Gasteiger partial charge in [0.2, 0.25) is 0 Å². The quantitative estimate of drug-likeness (QED) is 0.312. The third kappa shape index (κ3) is 4.12. The highest BCUT2D eigenvalue weighted by molar-refractivity contribution is 5.99. The maximum absolute atomic E-state index is 11.5. The molecule has 0 spiro atoms. The van der Waals surface area contributed by atoms with Crippen LogP contribution in [0.2, 0.25) is 0 Å². The molecule has 8 nitrogen and oxygen atoms in total. The summed E-state index contributed by atoms with van der Waals surface area (Å²) in [5.41, 5.74) is 0.0713. The molecule has 0 saturated carbocycles. The van der Waals surface area contributed by atoms with Gasteiger partial charge in [-0.25, -0.2) is 14.4 Å². The van der Waals surface area contributed by atoms with Crippen LogP contribution < -0.4 is 0 Å². The van der Waals surface area contributed by atoms with Gasteiger partial charge in [0.25, 0.3) is 0 Å². The first-order valence-corrected chi connectivity index (χ1v) is 5.39. The topological polar surface area (TPSA) is 119 Å². The van der Waals surface area contributed by atoms with Crippen molar-refractivity contribution in [1.29, 1.82) is 0 Å². The molecule has 0 bridgehead atoms. The third-order valence-corrected chi connectivity index (χ3v) is 2.15. The number of carbonyl (C=O) groups excluding carboxylic acids is 3. The second kappa shape index (κ2) is 7.34. The highest BCUT2D eigenvalue weighted by atomic mass is 17.2. The molecular weight excluding hydrogens is 272 g/mol. The fraction of sp³-hybridized carbons (Fsp3) is 0.250. The van der Waals surface area contributed by atoms with Crippen molar-refractivity contribution in [2.45, 2.75) is 12.2 Å². The summed E-state index contributed by atoms with van der Waals surface area (Å²) in [6, 6.07) is 7.51. The lowest BCUT2D eigenvalue weighted by molar-refractivity contribution is -0.265. The Kier molecular flexibility index (Phi) is 5.78. The molecule has 0 amide bonds. The molecule has 20 heavy (non-hydrogen) atoms. The number of hydrogen-bond acceptors (Lipinski definition) is 8. The van der Waals surface area contributed by atoms with Crippen LogP contribution in [-0.2, 0) is 24.1 Å². The van der Waals surface area contributed by atoms with E-state index in [1.165, 1.54) is 12.1 Å². The first kappa shape index (κ1) is 15.8. The number of carbonyl (C=O) groups is 3. The number of esters is 2. The van der Waals surface area contributed by atoms with Gasteiger partial charge in [-0.1, -0.05) is 18.2 Å². The van der Waals surface area contributed by atoms with Crippen LogP contribution in [0.4, 0.5) is 0 Å². The Labute approximate surface area is 113 Å². The van der Waals surface area contributed by atoms with Crippen molar-refractivity contribution >= 4 is 17.9 Å². The first-order chi connectivity index (χ1) is 9.47. The molecule has 0 aliphatic carbocycles. The van der Waals surface area contributed by atoms with E-state index in [-0.39, 0.29) is 5.56 Å². The minimum absolute atomic E-state index is 0.0713. The van der Waals surface area contributed by atoms with Crippen LogP contribution in [-0.4, -0.2) is 47.4 Å². The molecule has 0 heterocycles. The van der Waals surface area contributed by atoms with E-state index in [1.807, 2.05) is 0 Å². The summed E-state index contributed by atoms with van der Waals surface area (Å²) in [4.78, 5) is 41.8. The number of benzene rings is 1. The van der Waals surface area contributed by atoms with Crippen molar-refractivity contribution in [3.05, 3.63) is 35.9 Å². The molecule has 0 aliphatic heterocycles. The number of ether oxygens (including phenoxy) is 1. The van der Waals surface area contributed by atoms with Gasteiger partial charge in [0.15, 0.2) is 12.2 Å². The van der Waals surface area contributed by atoms with Crippen molar-refractivity contribution < 1.29 is 39.1 Å². The Balaban J connectivity index is 2.62. The molecule has 2 atom stereocenters. The summed E-state index contributed by atoms with van der Waals surface area (Å²) >= 11 is 0. The summed E-state index contributed by atoms with van der Waals surface area (Å²) in [5, 5.41) is 18.6. The predicted molar refractivity (Wildman–Crippen MR) is 62.0 cm³/mol. The van der Waals surface area contributed by atoms with Crippen LogP contribution in [0.25, 0.3) is 0 Å². The lowest BCUT2D eigenvalue weighted by Gasteiger charge is -2.13. The first-order valence-electron chi connectivity index (χ1n) is 5.39. The number of hydrogen-bond donors (Lipinski definition) is 2. The molecule has 8 heteroatoms. The van der Waals surface area contributed by atoms with Gasteiger partial charge in [0, 0.05) is 0 Å². The fourth-order valence-electron chi connectivity index (χ4n) is 1.17. The molecular formula is C12H12O8. The van der Waals surface area contributed by atoms with E-state index in [9.17, 15) is 24.6 Å². The average Bonchev–Trinajstić information content (AvgIpc) is 2.46. The molecule has 0 aliphatic rings. The van der Waals surface area contributed by atoms with Gasteiger partial charge in [-0.15, -0.1) is 0 Å². The largest absolute Gasteiger partial charge is 0.387 e. The molecule has 0 aromatic heterocycles. The molecule has 1 rings (SSSR count). The van der Waals surface area contributed by atoms with Crippen molar-refractivity contribution in [3.8, 4) is 0 Å². The maximum atomic E-state index is 11.5. The van der Waals surface area contributed by atoms with Gasteiger partial charge in [0.05, 0.1) is 12.7 Å². The van der Waals surface area contributed by atoms with Crippen molar-refractivity contribution in [3.63, 3.8) is 0 Å². The molecule has 0 fully saturated rings. The molecule has 0 saturated heterocycles. The molecule has 1 aromatic rings. The standard InChI is InChI=1S/C12H12O8/c1-18-20-12(17)9(14)8(13)11(16)19-10(15)7-5-3-2-4-6-7/h2-6,8-9,13-14H,1H3. The monoisotopic (exact) mass is 284 g/mol. The van der Waals surface area contributed by atoms with Crippen LogP contribution in [0.5, 0.6) is 0 Å². The van der Waals surface area contributed by atoms with Gasteiger partial charge in [-0.05, 0) is 12.1 Å². The summed E-state index contributed by atoms with van der Waals surface area (Å²) in [6.07, 6.45) is -4.50. The van der Waals surface area contributed by atoms with Gasteiger partial charge in [0.1, 0.15) is 0 Å². The molecule has 1 aromatic carbocycles. The zero-order chi connectivity index (χ0) is 15.1. The van der Waals surface area contributed by atoms with Crippen LogP contribution in [0.15, 0.2) is 30.3 Å². The van der Waals surface area contributed by atoms with Crippen molar-refractivity contribution in [2.24, 2.45) is 0 Å². The van der Waals surface area contributed by atoms with Crippen LogP contribution in [0, 0.1) is 0 Å². The average molecular weight is 284 g/mol. The summed E-state index contributed by atoms with van der Waals surface area (Å²) in [6.45, 7) is 0. The Bertz CT molecular complexity index is 483. The van der Waals surface area contributed by atoms with E-state index in [2.05, 4.69) is 14.5 Å².